The van der Waals surface area contributed by atoms with Gasteiger partial charge in [0.05, 0.1) is 23.4 Å². The fourth-order valence-electron chi connectivity index (χ4n) is 7.46. The van der Waals surface area contributed by atoms with Gasteiger partial charge in [0.15, 0.2) is 28.3 Å². The second-order valence-corrected chi connectivity index (χ2v) is 10.3. The molecule has 8 nitrogen and oxygen atoms in total. The number of fused-ring (bicyclic) bond motifs is 5. The number of ether oxygens (including phenoxy) is 2. The van der Waals surface area contributed by atoms with Gasteiger partial charge in [-0.1, -0.05) is 24.3 Å². The summed E-state index contributed by atoms with van der Waals surface area (Å²) in [5.41, 5.74) is 8.53. The van der Waals surface area contributed by atoms with Crippen LogP contribution in [0.5, 0.6) is 23.0 Å². The first kappa shape index (κ1) is 18.1. The maximum absolute atomic E-state index is 6.69. The summed E-state index contributed by atoms with van der Waals surface area (Å²) in [6, 6.07) is 27.4. The number of para-hydroxylation sites is 4. The van der Waals surface area contributed by atoms with Crippen molar-refractivity contribution in [1.29, 1.82) is 0 Å². The number of rotatable bonds is 0. The molecule has 11 rings (SSSR count). The molecule has 0 amide bonds. The third-order valence-electron chi connectivity index (χ3n) is 8.73. The molecule has 3 aromatic heterocycles. The molecule has 0 saturated carbocycles. The zero-order chi connectivity index (χ0) is 24.5. The van der Waals surface area contributed by atoms with Crippen LogP contribution in [-0.4, -0.2) is 14.2 Å². The lowest BCUT2D eigenvalue weighted by Gasteiger charge is -2.33. The summed E-state index contributed by atoms with van der Waals surface area (Å²) in [5, 5.41) is 7.42. The van der Waals surface area contributed by atoms with E-state index in [1.165, 1.54) is 0 Å². The fourth-order valence-corrected chi connectivity index (χ4v) is 7.46. The molecule has 1 spiro atoms. The minimum absolute atomic E-state index is 0.229. The van der Waals surface area contributed by atoms with Crippen LogP contribution in [0.1, 0.15) is 0 Å². The average Bonchev–Trinajstić information content (AvgIpc) is 3.57. The molecule has 0 radical (unpaired) electrons. The van der Waals surface area contributed by atoms with Gasteiger partial charge in [-0.05, 0) is 59.7 Å². The highest BCUT2D eigenvalue weighted by atomic mass is 16.5. The van der Waals surface area contributed by atoms with Crippen LogP contribution < -0.4 is 23.6 Å². The van der Waals surface area contributed by atoms with E-state index in [2.05, 4.69) is 86.3 Å². The Balaban J connectivity index is 1.52. The molecule has 0 bridgehead atoms. The van der Waals surface area contributed by atoms with Crippen molar-refractivity contribution in [2.75, 3.05) is 0 Å². The molecule has 0 N–H and O–H groups in total. The number of benzene rings is 4. The van der Waals surface area contributed by atoms with Gasteiger partial charge in [0.2, 0.25) is 17.0 Å². The predicted octanol–water partition coefficient (Wildman–Crippen LogP) is 5.32. The molecule has 1 atom stereocenters. The van der Waals surface area contributed by atoms with Gasteiger partial charge < -0.3 is 9.47 Å². The smallest absolute Gasteiger partial charge is 0.378 e. The van der Waals surface area contributed by atoms with Gasteiger partial charge in [-0.3, -0.25) is 0 Å². The lowest BCUT2D eigenvalue weighted by molar-refractivity contribution is -1.04. The predicted molar refractivity (Wildman–Crippen MR) is 140 cm³/mol. The highest BCUT2D eigenvalue weighted by Crippen LogP contribution is 2.62. The number of hydrogen-bond acceptors (Lipinski definition) is 3. The highest BCUT2D eigenvalue weighted by molar-refractivity contribution is 6.11. The molecule has 4 aliphatic rings. The largest absolute Gasteiger partial charge is 0.448 e. The van der Waals surface area contributed by atoms with Crippen LogP contribution in [-0.2, 0) is 7.05 Å². The van der Waals surface area contributed by atoms with Gasteiger partial charge >= 0.3 is 17.2 Å². The average molecular weight is 494 g/mol. The van der Waals surface area contributed by atoms with E-state index >= 15 is 0 Å². The normalized spacial score (nSPS) is 18.1. The van der Waals surface area contributed by atoms with Crippen molar-refractivity contribution in [3.63, 3.8) is 0 Å². The molecule has 4 aromatic carbocycles. The molecule has 176 valence electrons. The van der Waals surface area contributed by atoms with Gasteiger partial charge in [0, 0.05) is 10.1 Å². The van der Waals surface area contributed by atoms with Gasteiger partial charge in [-0.25, -0.2) is 4.57 Å². The second-order valence-electron chi connectivity index (χ2n) is 10.3. The van der Waals surface area contributed by atoms with Crippen molar-refractivity contribution < 1.29 is 18.9 Å². The minimum Gasteiger partial charge on any atom is -0.448 e. The molecule has 38 heavy (non-hydrogen) atoms. The van der Waals surface area contributed by atoms with E-state index < -0.39 is 0 Å². The first-order chi connectivity index (χ1) is 18.8. The molecule has 7 aromatic rings. The lowest BCUT2D eigenvalue weighted by atomic mass is 10.1. The van der Waals surface area contributed by atoms with Crippen molar-refractivity contribution in [2.24, 2.45) is 7.05 Å². The Labute approximate surface area is 214 Å². The van der Waals surface area contributed by atoms with Crippen molar-refractivity contribution in [3.05, 3.63) is 85.1 Å². The zero-order valence-corrected chi connectivity index (χ0v) is 20.1. The van der Waals surface area contributed by atoms with Crippen molar-refractivity contribution >= 4 is 44.3 Å². The summed E-state index contributed by atoms with van der Waals surface area (Å²) in [4.78, 5) is 2.17. The summed E-state index contributed by atoms with van der Waals surface area (Å²) in [6.45, 7) is 0. The standard InChI is InChI=1S/C30H17N6O2/c1-32-19-8-2-3-9-20(19)34-29(32)18-7-5-11-23-27(18)36(34)28-24(38-23)13-12-22-26(28)33-25-16(6-4-10-21(25)37-22)17-14-15-31-35(36)30(17)33/h2-15H,1H3/q+3. The molecule has 8 heteroatoms. The number of aryl methyl sites for hydroxylation is 1. The first-order valence-electron chi connectivity index (χ1n) is 12.7. The Morgan fingerprint density at radius 2 is 1.58 bits per heavy atom. The maximum atomic E-state index is 6.69. The fraction of sp³-hybridized carbons (Fsp3) is 0.0333. The van der Waals surface area contributed by atoms with Crippen LogP contribution in [0.3, 0.4) is 0 Å². The van der Waals surface area contributed by atoms with Gasteiger partial charge in [0.1, 0.15) is 10.3 Å². The van der Waals surface area contributed by atoms with Crippen LogP contribution in [0.4, 0.5) is 11.4 Å². The molecular weight excluding hydrogens is 476 g/mol. The van der Waals surface area contributed by atoms with Crippen LogP contribution >= 0.6 is 0 Å². The van der Waals surface area contributed by atoms with Crippen LogP contribution in [0, 0.1) is 0 Å². The summed E-state index contributed by atoms with van der Waals surface area (Å²) in [7, 11) is 2.14. The topological polar surface area (TPSA) is 49.0 Å². The van der Waals surface area contributed by atoms with Crippen molar-refractivity contribution in [1.82, 2.24) is 18.9 Å². The van der Waals surface area contributed by atoms with E-state index in [1.54, 1.807) is 0 Å². The Bertz CT molecular complexity index is 2330. The lowest BCUT2D eigenvalue weighted by Crippen LogP contribution is -2.85. The highest BCUT2D eigenvalue weighted by Gasteiger charge is 2.71. The SMILES string of the molecule is Cn1c2[n+](c3ccccc31)[N+]13c4c(cccc4-2)Oc2ccc4c(c21)-n1c2c(cccc2c2ccn[n+]3c21)O4. The first-order valence-corrected chi connectivity index (χ1v) is 12.7. The summed E-state index contributed by atoms with van der Waals surface area (Å²) in [5.74, 6) is 4.39. The summed E-state index contributed by atoms with van der Waals surface area (Å²) >= 11 is 0. The van der Waals surface area contributed by atoms with E-state index in [0.717, 1.165) is 84.4 Å². The van der Waals surface area contributed by atoms with Crippen LogP contribution in [0.15, 0.2) is 85.1 Å². The zero-order valence-electron chi connectivity index (χ0n) is 20.1. The molecule has 1 unspecified atom stereocenters. The van der Waals surface area contributed by atoms with Crippen LogP contribution in [0.2, 0.25) is 0 Å². The Hall–Kier alpha value is -5.21. The maximum Gasteiger partial charge on any atom is 0.378 e. The third-order valence-corrected chi connectivity index (χ3v) is 8.73. The molecule has 0 saturated heterocycles. The van der Waals surface area contributed by atoms with E-state index in [9.17, 15) is 0 Å². The number of nitrogens with zero attached hydrogens (tertiary/aromatic N) is 6. The quantitative estimate of drug-likeness (QED) is 0.212. The molecule has 4 aliphatic heterocycles. The number of imidazole rings is 1. The summed E-state index contributed by atoms with van der Waals surface area (Å²) in [6.07, 6.45) is 1.92. The Morgan fingerprint density at radius 1 is 0.763 bits per heavy atom. The van der Waals surface area contributed by atoms with Gasteiger partial charge in [-0.2, -0.15) is 4.57 Å². The van der Waals surface area contributed by atoms with Gasteiger partial charge in [0.25, 0.3) is 5.69 Å². The number of aromatic nitrogens is 5. The molecular formula is C30H17N6O2+3. The third kappa shape index (κ3) is 1.55. The summed E-state index contributed by atoms with van der Waals surface area (Å²) < 4.78 is 20.5. The van der Waals surface area contributed by atoms with Crippen molar-refractivity contribution in [3.8, 4) is 40.1 Å². The number of quaternary nitrogens is 1. The second kappa shape index (κ2) is 5.39. The van der Waals surface area contributed by atoms with E-state index in [4.69, 9.17) is 14.6 Å². The molecule has 7 heterocycles. The monoisotopic (exact) mass is 493 g/mol. The number of hydrogen-bond donors (Lipinski definition) is 0. The van der Waals surface area contributed by atoms with Crippen LogP contribution in [0.25, 0.3) is 50.0 Å². The Morgan fingerprint density at radius 3 is 2.55 bits per heavy atom. The molecule has 0 aliphatic carbocycles. The van der Waals surface area contributed by atoms with E-state index in [0.29, 0.717) is 0 Å². The Kier molecular flexibility index (Phi) is 2.57. The minimum atomic E-state index is 0.229. The van der Waals surface area contributed by atoms with Crippen molar-refractivity contribution in [2.45, 2.75) is 0 Å². The van der Waals surface area contributed by atoms with Gasteiger partial charge in [-0.15, -0.1) is 0 Å². The molecule has 0 fully saturated rings. The van der Waals surface area contributed by atoms with E-state index in [-0.39, 0.29) is 4.70 Å². The van der Waals surface area contributed by atoms with E-state index in [1.807, 2.05) is 24.4 Å².